The summed E-state index contributed by atoms with van der Waals surface area (Å²) in [6.07, 6.45) is 0.279. The number of nitrogens with two attached hydrogens (primary N) is 1. The van der Waals surface area contributed by atoms with Crippen molar-refractivity contribution in [2.45, 2.75) is 77.5 Å². The molecule has 6 unspecified atom stereocenters. The van der Waals surface area contributed by atoms with Crippen molar-refractivity contribution in [1.29, 1.82) is 0 Å². The standard InChI is InChI=1S/C20H36N4O8/c1-5-10(3)15(21)18(29)23-13(9-25)17(28)24-16(11(4)6-2)19(30)22-12(20(31)32)7-8-14(26)27/h10-13,15-16,25H,5-9,21H2,1-4H3,(H,22,30)(H,23,29)(H,24,28)(H,26,27)(H,31,32). The van der Waals surface area contributed by atoms with Crippen molar-refractivity contribution in [3.8, 4) is 0 Å². The molecule has 0 aliphatic heterocycles. The Morgan fingerprint density at radius 3 is 1.78 bits per heavy atom. The second-order valence-electron chi connectivity index (χ2n) is 7.86. The molecule has 0 aromatic heterocycles. The number of nitrogens with one attached hydrogen (secondary N) is 3. The predicted octanol–water partition coefficient (Wildman–Crippen LogP) is -1.20. The number of carbonyl (C=O) groups excluding carboxylic acids is 3. The van der Waals surface area contributed by atoms with Crippen LogP contribution in [0.25, 0.3) is 0 Å². The van der Waals surface area contributed by atoms with Gasteiger partial charge < -0.3 is 37.0 Å². The molecule has 8 N–H and O–H groups in total. The number of rotatable bonds is 15. The van der Waals surface area contributed by atoms with Crippen LogP contribution >= 0.6 is 0 Å². The van der Waals surface area contributed by atoms with Gasteiger partial charge in [0.25, 0.3) is 0 Å². The Kier molecular flexibility index (Phi) is 13.1. The second-order valence-corrected chi connectivity index (χ2v) is 7.86. The summed E-state index contributed by atoms with van der Waals surface area (Å²) < 4.78 is 0. The zero-order chi connectivity index (χ0) is 25.0. The SMILES string of the molecule is CCC(C)C(N)C(=O)NC(CO)C(=O)NC(C(=O)NC(CCC(=O)O)C(=O)O)C(C)CC. The van der Waals surface area contributed by atoms with Gasteiger partial charge in [0.15, 0.2) is 0 Å². The number of carboxylic acid groups (broad SMARTS) is 2. The van der Waals surface area contributed by atoms with Crippen molar-refractivity contribution in [3.05, 3.63) is 0 Å². The average Bonchev–Trinajstić information content (AvgIpc) is 2.75. The second kappa shape index (κ2) is 14.4. The molecule has 0 heterocycles. The van der Waals surface area contributed by atoms with Gasteiger partial charge in [-0.1, -0.05) is 40.5 Å². The van der Waals surface area contributed by atoms with Crippen molar-refractivity contribution in [2.24, 2.45) is 17.6 Å². The quantitative estimate of drug-likeness (QED) is 0.156. The van der Waals surface area contributed by atoms with Crippen molar-refractivity contribution < 1.29 is 39.3 Å². The molecule has 32 heavy (non-hydrogen) atoms. The van der Waals surface area contributed by atoms with Gasteiger partial charge >= 0.3 is 11.9 Å². The van der Waals surface area contributed by atoms with E-state index in [4.69, 9.17) is 10.8 Å². The monoisotopic (exact) mass is 460 g/mol. The fraction of sp³-hybridized carbons (Fsp3) is 0.750. The van der Waals surface area contributed by atoms with Crippen LogP contribution < -0.4 is 21.7 Å². The molecular weight excluding hydrogens is 424 g/mol. The number of amides is 3. The zero-order valence-corrected chi connectivity index (χ0v) is 19.0. The van der Waals surface area contributed by atoms with E-state index in [-0.39, 0.29) is 12.3 Å². The van der Waals surface area contributed by atoms with E-state index in [1.165, 1.54) is 0 Å². The Labute approximate surface area is 187 Å². The van der Waals surface area contributed by atoms with Gasteiger partial charge in [-0.25, -0.2) is 4.79 Å². The summed E-state index contributed by atoms with van der Waals surface area (Å²) >= 11 is 0. The van der Waals surface area contributed by atoms with Crippen LogP contribution in [0.1, 0.15) is 53.4 Å². The third-order valence-corrected chi connectivity index (χ3v) is 5.43. The van der Waals surface area contributed by atoms with Crippen molar-refractivity contribution >= 4 is 29.7 Å². The Bertz CT molecular complexity index is 672. The summed E-state index contributed by atoms with van der Waals surface area (Å²) in [6, 6.07) is -4.88. The van der Waals surface area contributed by atoms with Gasteiger partial charge in [0, 0.05) is 6.42 Å². The minimum absolute atomic E-state index is 0.158. The van der Waals surface area contributed by atoms with Crippen LogP contribution in [0, 0.1) is 11.8 Å². The molecule has 0 aliphatic rings. The summed E-state index contributed by atoms with van der Waals surface area (Å²) in [5.74, 6) is -5.49. The largest absolute Gasteiger partial charge is 0.481 e. The molecule has 0 radical (unpaired) electrons. The molecule has 0 aliphatic carbocycles. The van der Waals surface area contributed by atoms with E-state index in [2.05, 4.69) is 16.0 Å². The van der Waals surface area contributed by atoms with E-state index in [9.17, 15) is 34.2 Å². The molecule has 0 saturated heterocycles. The lowest BCUT2D eigenvalue weighted by molar-refractivity contribution is -0.143. The van der Waals surface area contributed by atoms with Crippen LogP contribution in [0.3, 0.4) is 0 Å². The molecule has 0 bridgehead atoms. The predicted molar refractivity (Wildman–Crippen MR) is 114 cm³/mol. The molecule has 0 aromatic carbocycles. The van der Waals surface area contributed by atoms with Crippen molar-refractivity contribution in [2.75, 3.05) is 6.61 Å². The van der Waals surface area contributed by atoms with Gasteiger partial charge in [-0.2, -0.15) is 0 Å². The number of carboxylic acids is 2. The highest BCUT2D eigenvalue weighted by atomic mass is 16.4. The van der Waals surface area contributed by atoms with Crippen molar-refractivity contribution in [3.63, 3.8) is 0 Å². The maximum atomic E-state index is 12.7. The van der Waals surface area contributed by atoms with Gasteiger partial charge in [0.2, 0.25) is 17.7 Å². The Balaban J connectivity index is 5.36. The van der Waals surface area contributed by atoms with Crippen LogP contribution in [0.4, 0.5) is 0 Å². The van der Waals surface area contributed by atoms with E-state index in [1.807, 2.05) is 6.92 Å². The smallest absolute Gasteiger partial charge is 0.326 e. The van der Waals surface area contributed by atoms with Crippen LogP contribution in [0.15, 0.2) is 0 Å². The average molecular weight is 461 g/mol. The molecule has 0 rings (SSSR count). The third-order valence-electron chi connectivity index (χ3n) is 5.43. The molecule has 12 heteroatoms. The molecule has 3 amide bonds. The van der Waals surface area contributed by atoms with E-state index < -0.39 is 72.8 Å². The van der Waals surface area contributed by atoms with Gasteiger partial charge in [0.1, 0.15) is 18.1 Å². The lowest BCUT2D eigenvalue weighted by Gasteiger charge is -2.28. The Morgan fingerprint density at radius 2 is 1.34 bits per heavy atom. The number of aliphatic carboxylic acids is 2. The fourth-order valence-corrected chi connectivity index (χ4v) is 2.72. The van der Waals surface area contributed by atoms with Crippen LogP contribution in [0.2, 0.25) is 0 Å². The van der Waals surface area contributed by atoms with Gasteiger partial charge in [-0.3, -0.25) is 19.2 Å². The molecule has 0 fully saturated rings. The Hall–Kier alpha value is -2.73. The normalized spacial score (nSPS) is 16.6. The fourth-order valence-electron chi connectivity index (χ4n) is 2.72. The van der Waals surface area contributed by atoms with Gasteiger partial charge in [-0.05, 0) is 18.3 Å². The molecule has 6 atom stereocenters. The Morgan fingerprint density at radius 1 is 0.812 bits per heavy atom. The number of hydrogen-bond acceptors (Lipinski definition) is 7. The first-order valence-electron chi connectivity index (χ1n) is 10.6. The zero-order valence-electron chi connectivity index (χ0n) is 19.0. The number of aliphatic hydroxyl groups excluding tert-OH is 1. The maximum Gasteiger partial charge on any atom is 0.326 e. The van der Waals surface area contributed by atoms with Crippen molar-refractivity contribution in [1.82, 2.24) is 16.0 Å². The minimum Gasteiger partial charge on any atom is -0.481 e. The molecule has 12 nitrogen and oxygen atoms in total. The molecule has 0 saturated carbocycles. The highest BCUT2D eigenvalue weighted by Gasteiger charge is 2.33. The van der Waals surface area contributed by atoms with Gasteiger partial charge in [-0.15, -0.1) is 0 Å². The number of carbonyl (C=O) groups is 5. The van der Waals surface area contributed by atoms with Gasteiger partial charge in [0.05, 0.1) is 12.6 Å². The molecule has 184 valence electrons. The highest BCUT2D eigenvalue weighted by molar-refractivity contribution is 5.94. The summed E-state index contributed by atoms with van der Waals surface area (Å²) in [6.45, 7) is 6.29. The lowest BCUT2D eigenvalue weighted by Crippen LogP contribution is -2.59. The maximum absolute atomic E-state index is 12.7. The molecule has 0 spiro atoms. The lowest BCUT2D eigenvalue weighted by atomic mass is 9.97. The summed E-state index contributed by atoms with van der Waals surface area (Å²) in [4.78, 5) is 59.7. The summed E-state index contributed by atoms with van der Waals surface area (Å²) in [5.41, 5.74) is 5.84. The molecular formula is C20H36N4O8. The summed E-state index contributed by atoms with van der Waals surface area (Å²) in [7, 11) is 0. The third kappa shape index (κ3) is 9.60. The summed E-state index contributed by atoms with van der Waals surface area (Å²) in [5, 5.41) is 34.6. The van der Waals surface area contributed by atoms with Crippen LogP contribution in [-0.4, -0.2) is 75.8 Å². The van der Waals surface area contributed by atoms with E-state index >= 15 is 0 Å². The van der Waals surface area contributed by atoms with Crippen LogP contribution in [-0.2, 0) is 24.0 Å². The van der Waals surface area contributed by atoms with Crippen LogP contribution in [0.5, 0.6) is 0 Å². The first-order chi connectivity index (χ1) is 14.9. The minimum atomic E-state index is -1.45. The first-order valence-corrected chi connectivity index (χ1v) is 10.6. The van der Waals surface area contributed by atoms with E-state index in [0.717, 1.165) is 0 Å². The number of hydrogen-bond donors (Lipinski definition) is 7. The first kappa shape index (κ1) is 29.3. The highest BCUT2D eigenvalue weighted by Crippen LogP contribution is 2.10. The van der Waals surface area contributed by atoms with E-state index in [1.54, 1.807) is 20.8 Å². The topological polar surface area (TPSA) is 208 Å². The molecule has 0 aromatic rings. The number of aliphatic hydroxyl groups is 1. The van der Waals surface area contributed by atoms with E-state index in [0.29, 0.717) is 12.8 Å².